The lowest BCUT2D eigenvalue weighted by molar-refractivity contribution is -0.117. The average Bonchev–Trinajstić information content (AvgIpc) is 2.42. The van der Waals surface area contributed by atoms with Crippen molar-refractivity contribution in [1.29, 1.82) is 0 Å². The Morgan fingerprint density at radius 2 is 2.06 bits per heavy atom. The van der Waals surface area contributed by atoms with Crippen molar-refractivity contribution in [2.75, 3.05) is 14.2 Å². The van der Waals surface area contributed by atoms with E-state index in [0.29, 0.717) is 12.8 Å². The van der Waals surface area contributed by atoms with Gasteiger partial charge < -0.3 is 9.47 Å². The van der Waals surface area contributed by atoms with E-state index in [-0.39, 0.29) is 11.9 Å². The molecule has 0 bridgehead atoms. The van der Waals surface area contributed by atoms with E-state index in [4.69, 9.17) is 9.47 Å². The summed E-state index contributed by atoms with van der Waals surface area (Å²) in [5.41, 5.74) is 1.78. The summed E-state index contributed by atoms with van der Waals surface area (Å²) in [4.78, 5) is 11.9. The monoisotopic (exact) mass is 246 g/mol. The highest BCUT2D eigenvalue weighted by atomic mass is 16.5. The van der Waals surface area contributed by atoms with Gasteiger partial charge in [-0.05, 0) is 24.1 Å². The van der Waals surface area contributed by atoms with Crippen molar-refractivity contribution in [1.82, 2.24) is 0 Å². The number of carbonyl (C=O) groups excluding carboxylic acids is 1. The van der Waals surface area contributed by atoms with Crippen LogP contribution in [0.3, 0.4) is 0 Å². The molecule has 3 heteroatoms. The summed E-state index contributed by atoms with van der Waals surface area (Å²) in [5.74, 6) is 1.01. The third kappa shape index (κ3) is 2.79. The molecule has 0 radical (unpaired) electrons. The Morgan fingerprint density at radius 1 is 1.28 bits per heavy atom. The van der Waals surface area contributed by atoms with Gasteiger partial charge in [0.15, 0.2) is 5.78 Å². The van der Waals surface area contributed by atoms with Crippen LogP contribution in [0.1, 0.15) is 24.8 Å². The van der Waals surface area contributed by atoms with Crippen molar-refractivity contribution in [3.05, 3.63) is 35.4 Å². The third-order valence-corrected chi connectivity index (χ3v) is 3.30. The van der Waals surface area contributed by atoms with Crippen LogP contribution in [0.2, 0.25) is 0 Å². The second kappa shape index (κ2) is 5.83. The van der Waals surface area contributed by atoms with Gasteiger partial charge in [0, 0.05) is 25.5 Å². The Kier molecular flexibility index (Phi) is 4.15. The first kappa shape index (κ1) is 12.8. The van der Waals surface area contributed by atoms with E-state index in [9.17, 15) is 4.79 Å². The van der Waals surface area contributed by atoms with Gasteiger partial charge in [-0.15, -0.1) is 0 Å². The molecule has 0 amide bonds. The van der Waals surface area contributed by atoms with Crippen LogP contribution in [0, 0.1) is 0 Å². The number of ether oxygens (including phenoxy) is 2. The minimum Gasteiger partial charge on any atom is -0.496 e. The Bertz CT molecular complexity index is 463. The molecule has 1 aliphatic carbocycles. The number of para-hydroxylation sites is 1. The van der Waals surface area contributed by atoms with E-state index in [1.807, 2.05) is 30.3 Å². The summed E-state index contributed by atoms with van der Waals surface area (Å²) in [6, 6.07) is 7.71. The molecule has 1 fully saturated rings. The van der Waals surface area contributed by atoms with Gasteiger partial charge in [0.1, 0.15) is 5.75 Å². The van der Waals surface area contributed by atoms with E-state index < -0.39 is 0 Å². The summed E-state index contributed by atoms with van der Waals surface area (Å²) in [5, 5.41) is 0. The number of benzene rings is 1. The SMILES string of the molecule is COc1ccccc1/C=C1/CC(OC)CCC1=O. The van der Waals surface area contributed by atoms with Gasteiger partial charge in [0.05, 0.1) is 13.2 Å². The van der Waals surface area contributed by atoms with Gasteiger partial charge >= 0.3 is 0 Å². The molecule has 1 unspecified atom stereocenters. The Balaban J connectivity index is 2.27. The Morgan fingerprint density at radius 3 is 2.78 bits per heavy atom. The fourth-order valence-electron chi connectivity index (χ4n) is 2.23. The van der Waals surface area contributed by atoms with Crippen LogP contribution < -0.4 is 4.74 Å². The molecule has 3 nitrogen and oxygen atoms in total. The van der Waals surface area contributed by atoms with E-state index in [1.165, 1.54) is 0 Å². The van der Waals surface area contributed by atoms with Crippen LogP contribution in [0.4, 0.5) is 0 Å². The van der Waals surface area contributed by atoms with Gasteiger partial charge in [-0.3, -0.25) is 4.79 Å². The van der Waals surface area contributed by atoms with Gasteiger partial charge in [0.25, 0.3) is 0 Å². The molecule has 1 saturated carbocycles. The highest BCUT2D eigenvalue weighted by molar-refractivity contribution is 6.00. The molecule has 0 aromatic heterocycles. The van der Waals surface area contributed by atoms with Crippen LogP contribution in [0.25, 0.3) is 6.08 Å². The zero-order valence-corrected chi connectivity index (χ0v) is 10.8. The number of carbonyl (C=O) groups is 1. The lowest BCUT2D eigenvalue weighted by Gasteiger charge is -2.22. The molecule has 0 spiro atoms. The lowest BCUT2D eigenvalue weighted by Crippen LogP contribution is -2.22. The van der Waals surface area contributed by atoms with Crippen LogP contribution >= 0.6 is 0 Å². The van der Waals surface area contributed by atoms with Crippen LogP contribution in [-0.2, 0) is 9.53 Å². The van der Waals surface area contributed by atoms with E-state index in [1.54, 1.807) is 14.2 Å². The zero-order valence-electron chi connectivity index (χ0n) is 10.8. The minimum absolute atomic E-state index is 0.156. The molecule has 1 aliphatic rings. The number of rotatable bonds is 3. The predicted octanol–water partition coefficient (Wildman–Crippen LogP) is 2.85. The first-order valence-corrected chi connectivity index (χ1v) is 6.14. The highest BCUT2D eigenvalue weighted by Crippen LogP contribution is 2.27. The fraction of sp³-hybridized carbons (Fsp3) is 0.400. The van der Waals surface area contributed by atoms with Crippen molar-refractivity contribution in [3.8, 4) is 5.75 Å². The van der Waals surface area contributed by atoms with Crippen LogP contribution in [0.15, 0.2) is 29.8 Å². The molecular formula is C15H18O3. The lowest BCUT2D eigenvalue weighted by atomic mass is 9.90. The smallest absolute Gasteiger partial charge is 0.159 e. The molecule has 96 valence electrons. The third-order valence-electron chi connectivity index (χ3n) is 3.30. The first-order valence-electron chi connectivity index (χ1n) is 6.14. The summed E-state index contributed by atoms with van der Waals surface area (Å²) < 4.78 is 10.6. The largest absolute Gasteiger partial charge is 0.496 e. The molecule has 1 aromatic rings. The van der Waals surface area contributed by atoms with Crippen molar-refractivity contribution < 1.29 is 14.3 Å². The topological polar surface area (TPSA) is 35.5 Å². The summed E-state index contributed by atoms with van der Waals surface area (Å²) in [6.07, 6.45) is 4.15. The zero-order chi connectivity index (χ0) is 13.0. The second-order valence-electron chi connectivity index (χ2n) is 4.44. The van der Waals surface area contributed by atoms with Crippen molar-refractivity contribution in [3.63, 3.8) is 0 Å². The van der Waals surface area contributed by atoms with E-state index >= 15 is 0 Å². The molecule has 2 rings (SSSR count). The first-order chi connectivity index (χ1) is 8.74. The van der Waals surface area contributed by atoms with Gasteiger partial charge in [0.2, 0.25) is 0 Å². The van der Waals surface area contributed by atoms with Gasteiger partial charge in [-0.25, -0.2) is 0 Å². The molecule has 18 heavy (non-hydrogen) atoms. The average molecular weight is 246 g/mol. The maximum absolute atomic E-state index is 11.9. The number of hydrogen-bond donors (Lipinski definition) is 0. The second-order valence-corrected chi connectivity index (χ2v) is 4.44. The molecule has 0 heterocycles. The number of hydrogen-bond acceptors (Lipinski definition) is 3. The predicted molar refractivity (Wildman–Crippen MR) is 70.6 cm³/mol. The summed E-state index contributed by atoms with van der Waals surface area (Å²) in [7, 11) is 3.33. The summed E-state index contributed by atoms with van der Waals surface area (Å²) >= 11 is 0. The molecule has 0 saturated heterocycles. The maximum atomic E-state index is 11.9. The van der Waals surface area contributed by atoms with Gasteiger partial charge in [-0.2, -0.15) is 0 Å². The van der Waals surface area contributed by atoms with Crippen molar-refractivity contribution >= 4 is 11.9 Å². The van der Waals surface area contributed by atoms with Crippen molar-refractivity contribution in [2.24, 2.45) is 0 Å². The quantitative estimate of drug-likeness (QED) is 0.769. The number of methoxy groups -OCH3 is 2. The van der Waals surface area contributed by atoms with Crippen LogP contribution in [0.5, 0.6) is 5.75 Å². The van der Waals surface area contributed by atoms with Gasteiger partial charge in [-0.1, -0.05) is 18.2 Å². The molecule has 0 aliphatic heterocycles. The molecule has 1 atom stereocenters. The van der Waals surface area contributed by atoms with Crippen LogP contribution in [-0.4, -0.2) is 26.1 Å². The Hall–Kier alpha value is -1.61. The van der Waals surface area contributed by atoms with Crippen molar-refractivity contribution in [2.45, 2.75) is 25.4 Å². The highest BCUT2D eigenvalue weighted by Gasteiger charge is 2.23. The maximum Gasteiger partial charge on any atom is 0.159 e. The number of Topliss-reactive ketones (excluding diaryl/α,β-unsaturated/α-hetero) is 1. The molecular weight excluding hydrogens is 228 g/mol. The standard InChI is InChI=1S/C15H18O3/c1-17-13-7-8-14(16)12(10-13)9-11-5-3-4-6-15(11)18-2/h3-6,9,13H,7-8,10H2,1-2H3/b12-9-. The Labute approximate surface area is 107 Å². The van der Waals surface area contributed by atoms with E-state index in [0.717, 1.165) is 23.3 Å². The fourth-order valence-corrected chi connectivity index (χ4v) is 2.23. The molecule has 1 aromatic carbocycles. The minimum atomic E-state index is 0.156. The van der Waals surface area contributed by atoms with E-state index in [2.05, 4.69) is 0 Å². The summed E-state index contributed by atoms with van der Waals surface area (Å²) in [6.45, 7) is 0. The normalized spacial score (nSPS) is 22.2. The molecule has 0 N–H and O–H groups in total. The number of ketones is 1.